The minimum absolute atomic E-state index is 0. The highest BCUT2D eigenvalue weighted by molar-refractivity contribution is 7.12. The maximum absolute atomic E-state index is 12.6. The topological polar surface area (TPSA) is 15.3 Å². The molecule has 2 heterocycles. The number of hydrogen-bond donors (Lipinski definition) is 1. The highest BCUT2D eigenvalue weighted by Gasteiger charge is 2.32. The molecule has 1 aliphatic carbocycles. The second kappa shape index (κ2) is 7.51. The van der Waals surface area contributed by atoms with Crippen LogP contribution in [0.25, 0.3) is 0 Å². The molecule has 1 saturated heterocycles. The van der Waals surface area contributed by atoms with Gasteiger partial charge in [-0.1, -0.05) is 0 Å². The molecule has 1 N–H and O–H groups in total. The van der Waals surface area contributed by atoms with Gasteiger partial charge in [0.25, 0.3) is 0 Å². The monoisotopic (exact) mass is 354 g/mol. The lowest BCUT2D eigenvalue weighted by Gasteiger charge is -2.32. The second-order valence-corrected chi connectivity index (χ2v) is 7.33. The summed E-state index contributed by atoms with van der Waals surface area (Å²) in [6, 6.07) is 3.41. The van der Waals surface area contributed by atoms with Crippen molar-refractivity contribution in [3.63, 3.8) is 0 Å². The van der Waals surface area contributed by atoms with E-state index in [0.717, 1.165) is 54.6 Å². The Kier molecular flexibility index (Phi) is 6.16. The maximum Gasteiger partial charge on any atom is 0.425 e. The Morgan fingerprint density at radius 1 is 1.14 bits per heavy atom. The molecule has 126 valence electrons. The Morgan fingerprint density at radius 2 is 1.82 bits per heavy atom. The van der Waals surface area contributed by atoms with Crippen LogP contribution in [0, 0.1) is 5.92 Å². The zero-order valence-electron chi connectivity index (χ0n) is 12.4. The second-order valence-electron chi connectivity index (χ2n) is 6.17. The summed E-state index contributed by atoms with van der Waals surface area (Å²) in [7, 11) is 0. The van der Waals surface area contributed by atoms with E-state index in [1.807, 2.05) is 0 Å². The van der Waals surface area contributed by atoms with E-state index in [0.29, 0.717) is 12.6 Å². The van der Waals surface area contributed by atoms with E-state index < -0.39 is 11.1 Å². The zero-order chi connectivity index (χ0) is 14.9. The fourth-order valence-corrected chi connectivity index (χ4v) is 3.70. The van der Waals surface area contributed by atoms with Gasteiger partial charge >= 0.3 is 6.18 Å². The first-order chi connectivity index (χ1) is 10.0. The van der Waals surface area contributed by atoms with Crippen molar-refractivity contribution in [1.29, 1.82) is 0 Å². The molecule has 2 fully saturated rings. The molecule has 0 aromatic carbocycles. The number of nitrogens with zero attached hydrogens (tertiary/aromatic N) is 1. The van der Waals surface area contributed by atoms with Crippen molar-refractivity contribution in [2.24, 2.45) is 5.92 Å². The van der Waals surface area contributed by atoms with Crippen molar-refractivity contribution in [3.05, 3.63) is 21.9 Å². The molecule has 7 heteroatoms. The minimum atomic E-state index is -4.21. The fraction of sp³-hybridized carbons (Fsp3) is 0.733. The van der Waals surface area contributed by atoms with E-state index in [2.05, 4.69) is 10.2 Å². The number of rotatable bonds is 5. The predicted octanol–water partition coefficient (Wildman–Crippen LogP) is 4.15. The maximum atomic E-state index is 12.6. The first-order valence-electron chi connectivity index (χ1n) is 7.62. The van der Waals surface area contributed by atoms with Crippen LogP contribution in [0.15, 0.2) is 12.1 Å². The SMILES string of the molecule is Cl.FC(F)(F)c1ccc(CN2CCC(NCC3CC3)CC2)s1. The van der Waals surface area contributed by atoms with Gasteiger partial charge in [-0.15, -0.1) is 23.7 Å². The molecule has 0 bridgehead atoms. The van der Waals surface area contributed by atoms with E-state index in [1.165, 1.54) is 18.9 Å². The van der Waals surface area contributed by atoms with Gasteiger partial charge < -0.3 is 5.32 Å². The molecule has 1 aliphatic heterocycles. The summed E-state index contributed by atoms with van der Waals surface area (Å²) in [6.07, 6.45) is 0.731. The molecule has 2 nitrogen and oxygen atoms in total. The highest BCUT2D eigenvalue weighted by atomic mass is 35.5. The molecule has 0 radical (unpaired) electrons. The summed E-state index contributed by atoms with van der Waals surface area (Å²) in [5.74, 6) is 0.898. The smallest absolute Gasteiger partial charge is 0.314 e. The molecular weight excluding hydrogens is 333 g/mol. The van der Waals surface area contributed by atoms with Crippen LogP contribution in [-0.2, 0) is 12.7 Å². The van der Waals surface area contributed by atoms with Crippen molar-refractivity contribution in [2.75, 3.05) is 19.6 Å². The number of nitrogens with one attached hydrogen (secondary N) is 1. The molecule has 0 amide bonds. The van der Waals surface area contributed by atoms with Gasteiger partial charge in [0.2, 0.25) is 0 Å². The standard InChI is InChI=1S/C15H21F3N2S.ClH/c16-15(17,18)14-4-3-13(21-14)10-20-7-5-12(6-8-20)19-9-11-1-2-11;/h3-4,11-12,19H,1-2,5-10H2;1H. The van der Waals surface area contributed by atoms with Crippen molar-refractivity contribution in [3.8, 4) is 0 Å². The highest BCUT2D eigenvalue weighted by Crippen LogP contribution is 2.35. The first-order valence-corrected chi connectivity index (χ1v) is 8.44. The van der Waals surface area contributed by atoms with Crippen molar-refractivity contribution < 1.29 is 13.2 Å². The third-order valence-corrected chi connectivity index (χ3v) is 5.42. The summed E-state index contributed by atoms with van der Waals surface area (Å²) in [4.78, 5) is 2.59. The van der Waals surface area contributed by atoms with Crippen LogP contribution in [0.2, 0.25) is 0 Å². The van der Waals surface area contributed by atoms with Gasteiger partial charge in [-0.2, -0.15) is 13.2 Å². The van der Waals surface area contributed by atoms with Crippen molar-refractivity contribution in [1.82, 2.24) is 10.2 Å². The summed E-state index contributed by atoms with van der Waals surface area (Å²) in [5, 5.41) is 3.62. The number of alkyl halides is 3. The normalized spacial score (nSPS) is 20.9. The van der Waals surface area contributed by atoms with Gasteiger partial charge in [0.05, 0.1) is 0 Å². The number of halogens is 4. The molecule has 1 aromatic heterocycles. The Bertz CT molecular complexity index is 466. The van der Waals surface area contributed by atoms with Crippen molar-refractivity contribution >= 4 is 23.7 Å². The van der Waals surface area contributed by atoms with Gasteiger partial charge in [0.15, 0.2) is 0 Å². The third kappa shape index (κ3) is 5.11. The quantitative estimate of drug-likeness (QED) is 0.854. The minimum Gasteiger partial charge on any atom is -0.314 e. The Balaban J connectivity index is 0.00000176. The lowest BCUT2D eigenvalue weighted by molar-refractivity contribution is -0.134. The number of thiophene rings is 1. The lowest BCUT2D eigenvalue weighted by Crippen LogP contribution is -2.42. The zero-order valence-corrected chi connectivity index (χ0v) is 14.0. The summed E-state index contributed by atoms with van der Waals surface area (Å²) in [5.41, 5.74) is 0. The molecule has 2 aliphatic rings. The van der Waals surface area contributed by atoms with Crippen LogP contribution in [-0.4, -0.2) is 30.6 Å². The summed E-state index contributed by atoms with van der Waals surface area (Å²) >= 11 is 0.874. The number of piperidine rings is 1. The van der Waals surface area contributed by atoms with Crippen LogP contribution in [0.1, 0.15) is 35.4 Å². The largest absolute Gasteiger partial charge is 0.425 e. The van der Waals surface area contributed by atoms with Crippen LogP contribution in [0.3, 0.4) is 0 Å². The van der Waals surface area contributed by atoms with E-state index in [-0.39, 0.29) is 12.4 Å². The van der Waals surface area contributed by atoms with Gasteiger partial charge in [0, 0.05) is 17.5 Å². The van der Waals surface area contributed by atoms with Gasteiger partial charge in [-0.3, -0.25) is 4.90 Å². The van der Waals surface area contributed by atoms with Gasteiger partial charge in [-0.05, 0) is 63.4 Å². The van der Waals surface area contributed by atoms with E-state index in [9.17, 15) is 13.2 Å². The molecular formula is C15H22ClF3N2S. The molecule has 0 unspecified atom stereocenters. The third-order valence-electron chi connectivity index (χ3n) is 4.30. The molecule has 1 aromatic rings. The van der Waals surface area contributed by atoms with Crippen molar-refractivity contribution in [2.45, 2.75) is 44.4 Å². The van der Waals surface area contributed by atoms with Gasteiger partial charge in [-0.25, -0.2) is 0 Å². The molecule has 22 heavy (non-hydrogen) atoms. The van der Waals surface area contributed by atoms with Crippen LogP contribution < -0.4 is 5.32 Å². The van der Waals surface area contributed by atoms with E-state index in [4.69, 9.17) is 0 Å². The molecule has 0 atom stereocenters. The molecule has 3 rings (SSSR count). The average Bonchev–Trinajstić information content (AvgIpc) is 3.14. The lowest BCUT2D eigenvalue weighted by atomic mass is 10.0. The summed E-state index contributed by atoms with van der Waals surface area (Å²) < 4.78 is 37.7. The van der Waals surface area contributed by atoms with Crippen LogP contribution in [0.4, 0.5) is 13.2 Å². The Morgan fingerprint density at radius 3 is 2.36 bits per heavy atom. The predicted molar refractivity (Wildman–Crippen MR) is 85.6 cm³/mol. The van der Waals surface area contributed by atoms with Crippen LogP contribution >= 0.6 is 23.7 Å². The Labute approximate surface area is 139 Å². The summed E-state index contributed by atoms with van der Waals surface area (Å²) in [6.45, 7) is 3.74. The van der Waals surface area contributed by atoms with E-state index >= 15 is 0 Å². The fourth-order valence-electron chi connectivity index (χ4n) is 2.79. The molecule has 1 saturated carbocycles. The number of likely N-dealkylation sites (tertiary alicyclic amines) is 1. The first kappa shape index (κ1) is 18.0. The average molecular weight is 355 g/mol. The van der Waals surface area contributed by atoms with Gasteiger partial charge in [0.1, 0.15) is 4.88 Å². The molecule has 0 spiro atoms. The van der Waals surface area contributed by atoms with E-state index in [1.54, 1.807) is 6.07 Å². The Hall–Kier alpha value is -0.300. The number of hydrogen-bond acceptors (Lipinski definition) is 3. The van der Waals surface area contributed by atoms with Crippen LogP contribution in [0.5, 0.6) is 0 Å².